The van der Waals surface area contributed by atoms with E-state index in [1.165, 1.54) is 0 Å². The van der Waals surface area contributed by atoms with E-state index in [1.54, 1.807) is 18.2 Å². The van der Waals surface area contributed by atoms with E-state index in [-0.39, 0.29) is 11.7 Å². The van der Waals surface area contributed by atoms with E-state index in [0.29, 0.717) is 18.7 Å². The summed E-state index contributed by atoms with van der Waals surface area (Å²) < 4.78 is 0.766. The Balaban J connectivity index is 1.43. The van der Waals surface area contributed by atoms with Crippen molar-refractivity contribution in [2.75, 3.05) is 17.2 Å². The zero-order valence-corrected chi connectivity index (χ0v) is 16.5. The number of hydrogen-bond donors (Lipinski definition) is 5. The summed E-state index contributed by atoms with van der Waals surface area (Å²) in [6.07, 6.45) is 1.97. The lowest BCUT2D eigenvalue weighted by molar-refractivity contribution is 0.0965. The van der Waals surface area contributed by atoms with Crippen LogP contribution in [0, 0.1) is 0 Å². The van der Waals surface area contributed by atoms with Gasteiger partial charge in [-0.3, -0.25) is 4.79 Å². The highest BCUT2D eigenvalue weighted by atomic mass is 79.9. The Hall–Kier alpha value is -3.19. The lowest BCUT2D eigenvalue weighted by Crippen LogP contribution is -2.28. The summed E-state index contributed by atoms with van der Waals surface area (Å²) in [7, 11) is 0. The van der Waals surface area contributed by atoms with Gasteiger partial charge in [0.25, 0.3) is 5.91 Å². The topological polar surface area (TPSA) is 89.2 Å². The summed E-state index contributed by atoms with van der Waals surface area (Å²) >= 11 is 3.41. The van der Waals surface area contributed by atoms with Gasteiger partial charge in [-0.25, -0.2) is 0 Å². The van der Waals surface area contributed by atoms with E-state index in [2.05, 4.69) is 36.9 Å². The van der Waals surface area contributed by atoms with Crippen molar-refractivity contribution in [2.24, 2.45) is 0 Å². The molecule has 1 amide bonds. The first-order chi connectivity index (χ1) is 13.6. The second kappa shape index (κ2) is 7.82. The Morgan fingerprint density at radius 3 is 2.71 bits per heavy atom. The van der Waals surface area contributed by atoms with Crippen LogP contribution < -0.4 is 16.0 Å². The fourth-order valence-electron chi connectivity index (χ4n) is 3.02. The van der Waals surface area contributed by atoms with Gasteiger partial charge in [-0.1, -0.05) is 12.1 Å². The smallest absolute Gasteiger partial charge is 0.256 e. The van der Waals surface area contributed by atoms with Gasteiger partial charge in [-0.15, -0.1) is 0 Å². The third kappa shape index (κ3) is 4.04. The fourth-order valence-corrected chi connectivity index (χ4v) is 3.49. The summed E-state index contributed by atoms with van der Waals surface area (Å²) in [6, 6.07) is 16.3. The number of aromatic hydroxyl groups is 1. The number of nitrogens with one attached hydrogen (secondary N) is 4. The van der Waals surface area contributed by atoms with E-state index in [1.807, 2.05) is 42.5 Å². The van der Waals surface area contributed by atoms with Crippen LogP contribution in [0.3, 0.4) is 0 Å². The number of phenolic OH excluding ortho intramolecular Hbond substituents is 1. The molecule has 0 saturated heterocycles. The van der Waals surface area contributed by atoms with Crippen molar-refractivity contribution in [2.45, 2.75) is 6.54 Å². The van der Waals surface area contributed by atoms with E-state index in [9.17, 15) is 9.90 Å². The van der Waals surface area contributed by atoms with Gasteiger partial charge in [-0.05, 0) is 64.5 Å². The van der Waals surface area contributed by atoms with Crippen molar-refractivity contribution in [3.8, 4) is 5.75 Å². The number of carbonyl (C=O) groups excluding carboxylic acids is 1. The Labute approximate surface area is 170 Å². The number of amides is 1. The molecule has 0 unspecified atom stereocenters. The molecule has 0 aliphatic carbocycles. The predicted molar refractivity (Wildman–Crippen MR) is 114 cm³/mol. The number of carbonyl (C=O) groups is 1. The first kappa shape index (κ1) is 18.2. The van der Waals surface area contributed by atoms with Crippen LogP contribution in [0.15, 0.2) is 64.8 Å². The summed E-state index contributed by atoms with van der Waals surface area (Å²) in [4.78, 5) is 15.8. The van der Waals surface area contributed by atoms with Crippen molar-refractivity contribution >= 4 is 39.4 Å². The Bertz CT molecular complexity index is 1040. The number of hydrogen-bond acceptors (Lipinski definition) is 4. The van der Waals surface area contributed by atoms with Gasteiger partial charge >= 0.3 is 0 Å². The number of aromatic nitrogens is 1. The van der Waals surface area contributed by atoms with Crippen LogP contribution in [-0.4, -0.2) is 22.5 Å². The van der Waals surface area contributed by atoms with Gasteiger partial charge < -0.3 is 26.0 Å². The van der Waals surface area contributed by atoms with Crippen LogP contribution in [0.1, 0.15) is 21.6 Å². The van der Waals surface area contributed by atoms with Gasteiger partial charge in [0.15, 0.2) is 0 Å². The summed E-state index contributed by atoms with van der Waals surface area (Å²) in [6.45, 7) is 1.15. The van der Waals surface area contributed by atoms with Crippen molar-refractivity contribution in [3.63, 3.8) is 0 Å². The summed E-state index contributed by atoms with van der Waals surface area (Å²) in [5, 5.41) is 18.9. The quantitative estimate of drug-likeness (QED) is 0.384. The number of halogens is 1. The predicted octanol–water partition coefficient (Wildman–Crippen LogP) is 4.29. The third-order valence-electron chi connectivity index (χ3n) is 4.43. The Kier molecular flexibility index (Phi) is 5.08. The lowest BCUT2D eigenvalue weighted by atomic mass is 10.1. The molecule has 2 aromatic carbocycles. The molecule has 1 aliphatic heterocycles. The highest BCUT2D eigenvalue weighted by Crippen LogP contribution is 2.25. The summed E-state index contributed by atoms with van der Waals surface area (Å²) in [5.41, 5.74) is 4.35. The zero-order valence-electron chi connectivity index (χ0n) is 14.9. The van der Waals surface area contributed by atoms with E-state index >= 15 is 0 Å². The number of rotatable bonds is 5. The monoisotopic (exact) mass is 438 g/mol. The molecule has 6 nitrogen and oxygen atoms in total. The molecule has 1 aliphatic rings. The largest absolute Gasteiger partial charge is 0.508 e. The number of aromatic amines is 1. The molecule has 1 aromatic heterocycles. The molecule has 4 rings (SSSR count). The molecule has 0 radical (unpaired) electrons. The fraction of sp³-hybridized carbons (Fsp3) is 0.0952. The number of H-pyrrole nitrogens is 1. The van der Waals surface area contributed by atoms with E-state index in [4.69, 9.17) is 0 Å². The van der Waals surface area contributed by atoms with Gasteiger partial charge in [-0.2, -0.15) is 0 Å². The molecule has 7 heteroatoms. The second-order valence-electron chi connectivity index (χ2n) is 6.48. The van der Waals surface area contributed by atoms with Crippen molar-refractivity contribution in [1.82, 2.24) is 10.3 Å². The lowest BCUT2D eigenvalue weighted by Gasteiger charge is -2.17. The number of anilines is 2. The van der Waals surface area contributed by atoms with Crippen LogP contribution in [0.2, 0.25) is 0 Å². The van der Waals surface area contributed by atoms with Crippen molar-refractivity contribution in [3.05, 3.63) is 81.6 Å². The van der Waals surface area contributed by atoms with Gasteiger partial charge in [0, 0.05) is 27.1 Å². The molecule has 0 bridgehead atoms. The maximum atomic E-state index is 12.5. The van der Waals surface area contributed by atoms with Crippen molar-refractivity contribution in [1.29, 1.82) is 0 Å². The summed E-state index contributed by atoms with van der Waals surface area (Å²) in [5.74, 6) is 1.03. The second-order valence-corrected chi connectivity index (χ2v) is 7.34. The zero-order chi connectivity index (χ0) is 19.5. The molecule has 3 aromatic rings. The minimum Gasteiger partial charge on any atom is -0.508 e. The molecule has 28 heavy (non-hydrogen) atoms. The highest BCUT2D eigenvalue weighted by molar-refractivity contribution is 9.10. The molecular weight excluding hydrogens is 420 g/mol. The average Bonchev–Trinajstić information content (AvgIpc) is 3.10. The van der Waals surface area contributed by atoms with E-state index < -0.39 is 0 Å². The number of benzene rings is 2. The SMILES string of the molecule is O=C(NC1=Cc2cc(CNc3ccc(O)cc3)[nH]c2NC1)c1ccccc1Br. The minimum atomic E-state index is -0.145. The number of phenols is 1. The molecule has 0 atom stereocenters. The van der Waals surface area contributed by atoms with Gasteiger partial charge in [0.1, 0.15) is 11.6 Å². The molecule has 5 N–H and O–H groups in total. The van der Waals surface area contributed by atoms with Crippen LogP contribution in [0.25, 0.3) is 6.08 Å². The van der Waals surface area contributed by atoms with Crippen LogP contribution in [-0.2, 0) is 6.54 Å². The van der Waals surface area contributed by atoms with Crippen LogP contribution in [0.4, 0.5) is 11.5 Å². The van der Waals surface area contributed by atoms with Crippen molar-refractivity contribution < 1.29 is 9.90 Å². The Morgan fingerprint density at radius 1 is 1.14 bits per heavy atom. The number of fused-ring (bicyclic) bond motifs is 1. The molecule has 0 fully saturated rings. The third-order valence-corrected chi connectivity index (χ3v) is 5.12. The first-order valence-electron chi connectivity index (χ1n) is 8.83. The van der Waals surface area contributed by atoms with Crippen LogP contribution in [0.5, 0.6) is 5.75 Å². The molecular formula is C21H19BrN4O2. The maximum absolute atomic E-state index is 12.5. The average molecular weight is 439 g/mol. The molecule has 142 valence electrons. The maximum Gasteiger partial charge on any atom is 0.256 e. The van der Waals surface area contributed by atoms with Crippen LogP contribution >= 0.6 is 15.9 Å². The Morgan fingerprint density at radius 2 is 1.93 bits per heavy atom. The highest BCUT2D eigenvalue weighted by Gasteiger charge is 2.16. The van der Waals surface area contributed by atoms with Gasteiger partial charge in [0.05, 0.1) is 18.7 Å². The molecule has 0 spiro atoms. The van der Waals surface area contributed by atoms with E-state index in [0.717, 1.165) is 32.9 Å². The normalized spacial score (nSPS) is 12.5. The standard InChI is InChI=1S/C21H19BrN4O2/c22-19-4-2-1-3-18(19)21(28)26-16-10-13-9-15(25-20(13)24-12-16)11-23-14-5-7-17(27)8-6-14/h1-10,23-25,27H,11-12H2,(H,26,28). The first-order valence-corrected chi connectivity index (χ1v) is 9.63. The molecule has 0 saturated carbocycles. The van der Waals surface area contributed by atoms with Gasteiger partial charge in [0.2, 0.25) is 0 Å². The minimum absolute atomic E-state index is 0.145. The molecule has 2 heterocycles.